The first-order valence-electron chi connectivity index (χ1n) is 7.15. The van der Waals surface area contributed by atoms with Crippen molar-refractivity contribution in [1.82, 2.24) is 9.47 Å². The van der Waals surface area contributed by atoms with Crippen LogP contribution < -0.4 is 0 Å². The highest BCUT2D eigenvalue weighted by molar-refractivity contribution is 6.32. The Morgan fingerprint density at radius 3 is 2.40 bits per heavy atom. The maximum absolute atomic E-state index is 6.58. The molecule has 106 valence electrons. The lowest BCUT2D eigenvalue weighted by atomic mass is 10.0. The third-order valence-corrected chi connectivity index (χ3v) is 4.50. The first kappa shape index (κ1) is 13.7. The van der Waals surface area contributed by atoms with Crippen LogP contribution in [0.5, 0.6) is 0 Å². The van der Waals surface area contributed by atoms with E-state index in [2.05, 4.69) is 60.6 Å². The maximum atomic E-state index is 6.58. The van der Waals surface area contributed by atoms with Crippen LogP contribution in [0.1, 0.15) is 26.5 Å². The van der Waals surface area contributed by atoms with Crippen LogP contribution in [-0.2, 0) is 13.1 Å². The van der Waals surface area contributed by atoms with Crippen molar-refractivity contribution >= 4 is 11.6 Å². The second kappa shape index (κ2) is 4.94. The fourth-order valence-electron chi connectivity index (χ4n) is 2.84. The third-order valence-electron chi connectivity index (χ3n) is 4.10. The van der Waals surface area contributed by atoms with Crippen LogP contribution in [0.4, 0.5) is 0 Å². The Kier molecular flexibility index (Phi) is 3.39. The molecule has 2 aromatic rings. The fraction of sp³-hybridized carbons (Fsp3) is 0.412. The quantitative estimate of drug-likeness (QED) is 0.754. The van der Waals surface area contributed by atoms with E-state index in [4.69, 9.17) is 11.6 Å². The average molecular weight is 289 g/mol. The summed E-state index contributed by atoms with van der Waals surface area (Å²) >= 11 is 6.58. The van der Waals surface area contributed by atoms with Crippen molar-refractivity contribution in [3.63, 3.8) is 0 Å². The van der Waals surface area contributed by atoms with Crippen LogP contribution in [0.15, 0.2) is 36.4 Å². The van der Waals surface area contributed by atoms with E-state index in [-0.39, 0.29) is 5.54 Å². The molecule has 0 bridgehead atoms. The van der Waals surface area contributed by atoms with Crippen molar-refractivity contribution in [2.75, 3.05) is 6.54 Å². The van der Waals surface area contributed by atoms with Crippen LogP contribution >= 0.6 is 11.6 Å². The molecule has 0 atom stereocenters. The number of hydrogen-bond donors (Lipinski definition) is 0. The van der Waals surface area contributed by atoms with Gasteiger partial charge in [0, 0.05) is 36.4 Å². The lowest BCUT2D eigenvalue weighted by molar-refractivity contribution is 0.103. The Hall–Kier alpha value is -1.25. The van der Waals surface area contributed by atoms with E-state index in [1.54, 1.807) is 0 Å². The van der Waals surface area contributed by atoms with Gasteiger partial charge in [-0.25, -0.2) is 0 Å². The molecule has 2 nitrogen and oxygen atoms in total. The van der Waals surface area contributed by atoms with E-state index in [1.165, 1.54) is 11.3 Å². The van der Waals surface area contributed by atoms with Crippen molar-refractivity contribution in [1.29, 1.82) is 0 Å². The first-order valence-corrected chi connectivity index (χ1v) is 7.53. The minimum Gasteiger partial charge on any atom is -0.333 e. The predicted octanol–water partition coefficient (Wildman–Crippen LogP) is 4.42. The zero-order valence-corrected chi connectivity index (χ0v) is 13.1. The highest BCUT2D eigenvalue weighted by Crippen LogP contribution is 2.34. The summed E-state index contributed by atoms with van der Waals surface area (Å²) in [6.45, 7) is 9.80. The summed E-state index contributed by atoms with van der Waals surface area (Å²) in [5.41, 5.74) is 3.87. The summed E-state index contributed by atoms with van der Waals surface area (Å²) in [5, 5.41) is 0.875. The number of aromatic nitrogens is 1. The van der Waals surface area contributed by atoms with E-state index in [1.807, 2.05) is 6.07 Å². The van der Waals surface area contributed by atoms with Crippen molar-refractivity contribution in [3.05, 3.63) is 47.2 Å². The van der Waals surface area contributed by atoms with Crippen LogP contribution in [0, 0.1) is 0 Å². The van der Waals surface area contributed by atoms with Crippen LogP contribution in [0.3, 0.4) is 0 Å². The van der Waals surface area contributed by atoms with Crippen molar-refractivity contribution < 1.29 is 0 Å². The Morgan fingerprint density at radius 1 is 1.05 bits per heavy atom. The summed E-state index contributed by atoms with van der Waals surface area (Å²) in [6, 6.07) is 12.6. The molecule has 0 saturated carbocycles. The molecule has 1 aromatic carbocycles. The molecular formula is C17H21ClN2. The predicted molar refractivity (Wildman–Crippen MR) is 85.0 cm³/mol. The molecule has 0 spiro atoms. The zero-order chi connectivity index (χ0) is 14.3. The maximum Gasteiger partial charge on any atom is 0.117 e. The molecule has 3 heteroatoms. The molecule has 0 fully saturated rings. The number of hydrogen-bond acceptors (Lipinski definition) is 1. The molecule has 0 amide bonds. The van der Waals surface area contributed by atoms with Crippen LogP contribution in [0.2, 0.25) is 5.15 Å². The molecule has 0 radical (unpaired) electrons. The highest BCUT2D eigenvalue weighted by Gasteiger charge is 2.27. The minimum atomic E-state index is 0.203. The van der Waals surface area contributed by atoms with Crippen LogP contribution in [-0.4, -0.2) is 21.6 Å². The molecule has 0 aliphatic carbocycles. The molecule has 1 aliphatic rings. The minimum absolute atomic E-state index is 0.203. The molecule has 1 aromatic heterocycles. The van der Waals surface area contributed by atoms with Gasteiger partial charge in [-0.15, -0.1) is 0 Å². The summed E-state index contributed by atoms with van der Waals surface area (Å²) in [7, 11) is 0. The number of fused-ring (bicyclic) bond motifs is 1. The van der Waals surface area contributed by atoms with Gasteiger partial charge in [0.05, 0.1) is 0 Å². The summed E-state index contributed by atoms with van der Waals surface area (Å²) in [6.07, 6.45) is 0. The summed E-state index contributed by atoms with van der Waals surface area (Å²) < 4.78 is 2.26. The molecule has 3 rings (SSSR count). The topological polar surface area (TPSA) is 8.17 Å². The van der Waals surface area contributed by atoms with E-state index < -0.39 is 0 Å². The first-order chi connectivity index (χ1) is 9.47. The second-order valence-corrected chi connectivity index (χ2v) is 6.81. The second-order valence-electron chi connectivity index (χ2n) is 6.45. The van der Waals surface area contributed by atoms with Gasteiger partial charge >= 0.3 is 0 Å². The monoisotopic (exact) mass is 288 g/mol. The van der Waals surface area contributed by atoms with E-state index in [9.17, 15) is 0 Å². The molecule has 1 aliphatic heterocycles. The van der Waals surface area contributed by atoms with Crippen molar-refractivity contribution in [2.45, 2.75) is 39.4 Å². The molecule has 0 unspecified atom stereocenters. The number of nitrogens with zero attached hydrogens (tertiary/aromatic N) is 2. The van der Waals surface area contributed by atoms with Gasteiger partial charge in [0.25, 0.3) is 0 Å². The summed E-state index contributed by atoms with van der Waals surface area (Å²) in [5.74, 6) is 0. The molecular weight excluding hydrogens is 268 g/mol. The highest BCUT2D eigenvalue weighted by atomic mass is 35.5. The number of halogens is 1. The fourth-order valence-corrected chi connectivity index (χ4v) is 3.19. The zero-order valence-electron chi connectivity index (χ0n) is 12.4. The normalized spacial score (nSPS) is 16.2. The summed E-state index contributed by atoms with van der Waals surface area (Å²) in [4.78, 5) is 2.51. The lowest BCUT2D eigenvalue weighted by Gasteiger charge is -2.39. The van der Waals surface area contributed by atoms with E-state index in [0.717, 1.165) is 30.4 Å². The molecule has 0 saturated heterocycles. The third kappa shape index (κ3) is 2.38. The Morgan fingerprint density at radius 2 is 1.75 bits per heavy atom. The van der Waals surface area contributed by atoms with E-state index >= 15 is 0 Å². The van der Waals surface area contributed by atoms with Gasteiger partial charge in [-0.1, -0.05) is 41.9 Å². The van der Waals surface area contributed by atoms with Gasteiger partial charge in [-0.3, -0.25) is 4.90 Å². The molecule has 20 heavy (non-hydrogen) atoms. The van der Waals surface area contributed by atoms with E-state index in [0.29, 0.717) is 0 Å². The van der Waals surface area contributed by atoms with Gasteiger partial charge in [0.15, 0.2) is 0 Å². The smallest absolute Gasteiger partial charge is 0.117 e. The van der Waals surface area contributed by atoms with Gasteiger partial charge in [0.1, 0.15) is 5.15 Å². The SMILES string of the molecule is CC(C)(C)N1CCn2c(cc(-c3ccccc3)c2Cl)C1. The Labute approximate surface area is 126 Å². The average Bonchev–Trinajstić information content (AvgIpc) is 2.76. The van der Waals surface area contributed by atoms with Gasteiger partial charge in [0.2, 0.25) is 0 Å². The largest absolute Gasteiger partial charge is 0.333 e. The Bertz CT molecular complexity index is 608. The molecule has 2 heterocycles. The Balaban J connectivity index is 1.98. The van der Waals surface area contributed by atoms with Crippen molar-refractivity contribution in [2.24, 2.45) is 0 Å². The lowest BCUT2D eigenvalue weighted by Crippen LogP contribution is -2.45. The number of benzene rings is 1. The van der Waals surface area contributed by atoms with Gasteiger partial charge in [-0.2, -0.15) is 0 Å². The molecule has 0 N–H and O–H groups in total. The van der Waals surface area contributed by atoms with Crippen molar-refractivity contribution in [3.8, 4) is 11.1 Å². The van der Waals surface area contributed by atoms with Gasteiger partial charge in [-0.05, 0) is 32.4 Å². The number of rotatable bonds is 1. The van der Waals surface area contributed by atoms with Crippen LogP contribution in [0.25, 0.3) is 11.1 Å². The standard InChI is InChI=1S/C17H21ClN2/c1-17(2,3)19-9-10-20-14(12-19)11-15(16(20)18)13-7-5-4-6-8-13/h4-8,11H,9-10,12H2,1-3H3. The van der Waals surface area contributed by atoms with Gasteiger partial charge < -0.3 is 4.57 Å².